The highest BCUT2D eigenvalue weighted by Gasteiger charge is 2.49. The van der Waals surface area contributed by atoms with Crippen LogP contribution in [0.2, 0.25) is 5.28 Å². The van der Waals surface area contributed by atoms with Crippen molar-refractivity contribution in [1.29, 1.82) is 0 Å². The second-order valence-electron chi connectivity index (χ2n) is 7.19. The number of aromatic hydroxyl groups is 1. The molecule has 2 heterocycles. The zero-order chi connectivity index (χ0) is 25.0. The zero-order valence-electron chi connectivity index (χ0n) is 17.6. The van der Waals surface area contributed by atoms with Gasteiger partial charge in [0.2, 0.25) is 17.5 Å². The van der Waals surface area contributed by atoms with Gasteiger partial charge in [0.05, 0.1) is 12.9 Å². The number of benzene rings is 1. The molecule has 14 heteroatoms. The molecule has 0 radical (unpaired) electrons. The predicted octanol–water partition coefficient (Wildman–Crippen LogP) is 1.20. The Labute approximate surface area is 196 Å². The molecular formula is C20H20ClFN4O8. The van der Waals surface area contributed by atoms with Crippen LogP contribution in [-0.4, -0.2) is 83.4 Å². The molecule has 0 unspecified atom stereocenters. The molecule has 34 heavy (non-hydrogen) atoms. The molecule has 3 rings (SSSR count). The van der Waals surface area contributed by atoms with Gasteiger partial charge in [0.1, 0.15) is 12.2 Å². The predicted molar refractivity (Wildman–Crippen MR) is 113 cm³/mol. The minimum absolute atomic E-state index is 0.178. The molecule has 2 aromatic heterocycles. The van der Waals surface area contributed by atoms with Crippen LogP contribution in [-0.2, 0) is 25.5 Å². The molecule has 3 atom stereocenters. The molecule has 0 spiro atoms. The number of ether oxygens (including phenoxy) is 2. The van der Waals surface area contributed by atoms with E-state index in [1.54, 1.807) is 18.2 Å². The van der Waals surface area contributed by atoms with E-state index in [9.17, 15) is 30.0 Å². The molecule has 0 aliphatic heterocycles. The van der Waals surface area contributed by atoms with Gasteiger partial charge < -0.3 is 29.9 Å². The first kappa shape index (κ1) is 25.2. The average molecular weight is 499 g/mol. The lowest BCUT2D eigenvalue weighted by Gasteiger charge is -2.30. The van der Waals surface area contributed by atoms with Gasteiger partial charge in [-0.1, -0.05) is 30.3 Å². The molecule has 1 aromatic carbocycles. The van der Waals surface area contributed by atoms with Gasteiger partial charge in [-0.15, -0.1) is 0 Å². The molecule has 4 N–H and O–H groups in total. The van der Waals surface area contributed by atoms with Crippen molar-refractivity contribution in [3.05, 3.63) is 47.5 Å². The summed E-state index contributed by atoms with van der Waals surface area (Å²) in [4.78, 5) is 34.9. The number of alkyl halides is 1. The maximum Gasteiger partial charge on any atom is 0.348 e. The van der Waals surface area contributed by atoms with Crippen LogP contribution in [0.5, 0.6) is 5.88 Å². The Morgan fingerprint density at radius 1 is 1.21 bits per heavy atom. The number of fused-ring (bicyclic) bond motifs is 1. The number of aromatic nitrogens is 4. The monoisotopic (exact) mass is 498 g/mol. The number of carboxylic acids is 2. The molecular weight excluding hydrogens is 479 g/mol. The second-order valence-corrected chi connectivity index (χ2v) is 7.53. The SMILES string of the molecule is CO[C@H](COC(Cc1ccccc1)(C(=O)O)C(=O)O)[C@@H](O)[C@H](F)n1cnc2c(O)nc(Cl)nc21. The summed E-state index contributed by atoms with van der Waals surface area (Å²) in [5.41, 5.74) is -2.76. The number of rotatable bonds is 11. The molecule has 0 aliphatic carbocycles. The van der Waals surface area contributed by atoms with E-state index in [0.29, 0.717) is 5.56 Å². The first-order valence-electron chi connectivity index (χ1n) is 9.69. The number of nitrogens with zero attached hydrogens (tertiary/aromatic N) is 4. The average Bonchev–Trinajstić information content (AvgIpc) is 3.22. The summed E-state index contributed by atoms with van der Waals surface area (Å²) in [6.07, 6.45) is -5.37. The number of aliphatic hydroxyl groups excluding tert-OH is 1. The second kappa shape index (κ2) is 10.3. The Kier molecular flexibility index (Phi) is 7.61. The number of imidazole rings is 1. The van der Waals surface area contributed by atoms with E-state index < -0.39 is 60.2 Å². The highest BCUT2D eigenvalue weighted by Crippen LogP contribution is 2.28. The van der Waals surface area contributed by atoms with Gasteiger partial charge in [-0.25, -0.2) is 19.0 Å². The molecule has 0 bridgehead atoms. The molecule has 3 aromatic rings. The Bertz CT molecular complexity index is 1160. The molecule has 0 saturated carbocycles. The van der Waals surface area contributed by atoms with E-state index in [1.165, 1.54) is 12.1 Å². The molecule has 12 nitrogen and oxygen atoms in total. The van der Waals surface area contributed by atoms with Gasteiger partial charge in [-0.05, 0) is 17.2 Å². The van der Waals surface area contributed by atoms with Crippen molar-refractivity contribution in [2.24, 2.45) is 0 Å². The number of halogens is 2. The molecule has 0 aliphatic rings. The van der Waals surface area contributed by atoms with Gasteiger partial charge in [-0.2, -0.15) is 9.97 Å². The van der Waals surface area contributed by atoms with Crippen LogP contribution in [0.1, 0.15) is 11.9 Å². The number of methoxy groups -OCH3 is 1. The standard InChI is InChI=1S/C20H20ClFN4O8/c1-33-11(8-34-20(17(29)30,18(31)32)7-10-5-3-2-4-6-10)13(27)14(22)26-9-23-12-15(26)24-19(21)25-16(12)28/h2-6,9,11,13-14,27H,7-8H2,1H3,(H,29,30)(H,31,32)(H,24,25,28)/t11-,13-,14-/m1/s1. The van der Waals surface area contributed by atoms with Gasteiger partial charge in [-0.3, -0.25) is 4.57 Å². The summed E-state index contributed by atoms with van der Waals surface area (Å²) in [7, 11) is 1.10. The van der Waals surface area contributed by atoms with Crippen molar-refractivity contribution in [1.82, 2.24) is 19.5 Å². The largest absolute Gasteiger partial charge is 0.492 e. The summed E-state index contributed by atoms with van der Waals surface area (Å²) >= 11 is 5.69. The van der Waals surface area contributed by atoms with E-state index in [-0.39, 0.29) is 11.2 Å². The topological polar surface area (TPSA) is 177 Å². The minimum Gasteiger partial charge on any atom is -0.492 e. The van der Waals surface area contributed by atoms with E-state index >= 15 is 4.39 Å². The summed E-state index contributed by atoms with van der Waals surface area (Å²) in [6.45, 7) is -0.795. The fraction of sp³-hybridized carbons (Fsp3) is 0.350. The quantitative estimate of drug-likeness (QED) is 0.220. The van der Waals surface area contributed by atoms with E-state index in [0.717, 1.165) is 18.0 Å². The van der Waals surface area contributed by atoms with Crippen molar-refractivity contribution in [2.75, 3.05) is 13.7 Å². The van der Waals surface area contributed by atoms with Gasteiger partial charge in [0.15, 0.2) is 11.2 Å². The van der Waals surface area contributed by atoms with Crippen molar-refractivity contribution < 1.29 is 43.9 Å². The van der Waals surface area contributed by atoms with E-state index in [4.69, 9.17) is 21.1 Å². The highest BCUT2D eigenvalue weighted by molar-refractivity contribution is 6.28. The van der Waals surface area contributed by atoms with E-state index in [2.05, 4.69) is 15.0 Å². The van der Waals surface area contributed by atoms with Crippen LogP contribution in [0.3, 0.4) is 0 Å². The van der Waals surface area contributed by atoms with Crippen molar-refractivity contribution in [3.8, 4) is 5.88 Å². The number of aliphatic carboxylic acids is 2. The summed E-state index contributed by atoms with van der Waals surface area (Å²) in [6, 6.07) is 7.92. The maximum absolute atomic E-state index is 15.2. The van der Waals surface area contributed by atoms with Gasteiger partial charge in [0.25, 0.3) is 5.60 Å². The Balaban J connectivity index is 1.84. The number of carbonyl (C=O) groups is 2. The Morgan fingerprint density at radius 3 is 2.44 bits per heavy atom. The Morgan fingerprint density at radius 2 is 1.85 bits per heavy atom. The fourth-order valence-corrected chi connectivity index (χ4v) is 3.39. The third-order valence-electron chi connectivity index (χ3n) is 5.09. The first-order chi connectivity index (χ1) is 16.1. The van der Waals surface area contributed by atoms with Crippen molar-refractivity contribution >= 4 is 34.7 Å². The van der Waals surface area contributed by atoms with Crippen LogP contribution < -0.4 is 0 Å². The lowest BCUT2D eigenvalue weighted by molar-refractivity contribution is -0.192. The number of hydrogen-bond acceptors (Lipinski definition) is 9. The fourth-order valence-electron chi connectivity index (χ4n) is 3.23. The molecule has 0 saturated heterocycles. The summed E-state index contributed by atoms with van der Waals surface area (Å²) in [5, 5.41) is 39.3. The number of aliphatic hydroxyl groups is 1. The van der Waals surface area contributed by atoms with Crippen LogP contribution in [0.25, 0.3) is 11.2 Å². The number of hydrogen-bond donors (Lipinski definition) is 4. The molecule has 0 fully saturated rings. The normalized spacial score (nSPS) is 14.6. The maximum atomic E-state index is 15.2. The Hall–Kier alpha value is -3.39. The third kappa shape index (κ3) is 4.92. The first-order valence-corrected chi connectivity index (χ1v) is 10.1. The minimum atomic E-state index is -2.72. The highest BCUT2D eigenvalue weighted by atomic mass is 35.5. The summed E-state index contributed by atoms with van der Waals surface area (Å²) < 4.78 is 26.3. The van der Waals surface area contributed by atoms with Gasteiger partial charge in [0, 0.05) is 13.5 Å². The summed E-state index contributed by atoms with van der Waals surface area (Å²) in [5.74, 6) is -4.17. The molecule has 0 amide bonds. The van der Waals surface area contributed by atoms with Crippen LogP contribution in [0.4, 0.5) is 4.39 Å². The van der Waals surface area contributed by atoms with Crippen LogP contribution in [0, 0.1) is 0 Å². The lowest BCUT2D eigenvalue weighted by atomic mass is 9.94. The molecule has 182 valence electrons. The number of carboxylic acid groups (broad SMARTS) is 2. The van der Waals surface area contributed by atoms with Crippen molar-refractivity contribution in [3.63, 3.8) is 0 Å². The zero-order valence-corrected chi connectivity index (χ0v) is 18.3. The van der Waals surface area contributed by atoms with Crippen LogP contribution >= 0.6 is 11.6 Å². The smallest absolute Gasteiger partial charge is 0.348 e. The third-order valence-corrected chi connectivity index (χ3v) is 5.26. The van der Waals surface area contributed by atoms with Crippen LogP contribution in [0.15, 0.2) is 36.7 Å². The lowest BCUT2D eigenvalue weighted by Crippen LogP contribution is -2.53. The van der Waals surface area contributed by atoms with E-state index in [1.807, 2.05) is 0 Å². The van der Waals surface area contributed by atoms with Gasteiger partial charge >= 0.3 is 11.9 Å². The van der Waals surface area contributed by atoms with Crippen molar-refractivity contribution in [2.45, 2.75) is 30.5 Å².